The molecule has 0 unspecified atom stereocenters. The molecule has 1 N–H and O–H groups in total. The minimum Gasteiger partial charge on any atom is -0.465 e. The highest BCUT2D eigenvalue weighted by molar-refractivity contribution is 5.89. The normalized spacial score (nSPS) is 18.3. The molecule has 0 saturated carbocycles. The number of quaternary nitrogens is 1. The third-order valence-electron chi connectivity index (χ3n) is 3.60. The number of rotatable bonds is 3. The van der Waals surface area contributed by atoms with E-state index < -0.39 is 0 Å². The molecule has 2 rings (SSSR count). The lowest BCUT2D eigenvalue weighted by Gasteiger charge is -2.38. The van der Waals surface area contributed by atoms with Gasteiger partial charge in [-0.1, -0.05) is 12.1 Å². The Bertz CT molecular complexity index is 408. The summed E-state index contributed by atoms with van der Waals surface area (Å²) in [7, 11) is 3.69. The van der Waals surface area contributed by atoms with Gasteiger partial charge in [-0.2, -0.15) is 0 Å². The van der Waals surface area contributed by atoms with Crippen molar-refractivity contribution in [1.29, 1.82) is 0 Å². The number of nitrogens with zero attached hydrogens (tertiary/aromatic N) is 1. The van der Waals surface area contributed by atoms with Crippen molar-refractivity contribution in [2.75, 3.05) is 40.3 Å². The maximum Gasteiger partial charge on any atom is 0.337 e. The van der Waals surface area contributed by atoms with E-state index in [9.17, 15) is 4.79 Å². The highest BCUT2D eigenvalue weighted by Crippen LogP contribution is 2.14. The summed E-state index contributed by atoms with van der Waals surface area (Å²) in [6, 6.07) is 7.74. The van der Waals surface area contributed by atoms with Crippen molar-refractivity contribution in [3.8, 4) is 0 Å². The zero-order chi connectivity index (χ0) is 13.0. The van der Waals surface area contributed by atoms with Gasteiger partial charge in [0.15, 0.2) is 0 Å². The van der Waals surface area contributed by atoms with Crippen LogP contribution in [-0.4, -0.2) is 50.8 Å². The molecule has 98 valence electrons. The predicted molar refractivity (Wildman–Crippen MR) is 70.3 cm³/mol. The molecule has 1 aliphatic heterocycles. The Morgan fingerprint density at radius 1 is 1.28 bits per heavy atom. The molecule has 0 radical (unpaired) electrons. The summed E-state index contributed by atoms with van der Waals surface area (Å²) in [5.74, 6) is -0.274. The first-order valence-corrected chi connectivity index (χ1v) is 6.34. The summed E-state index contributed by atoms with van der Waals surface area (Å²) >= 11 is 0. The fourth-order valence-electron chi connectivity index (χ4n) is 2.40. The number of ether oxygens (including phenoxy) is 1. The maximum atomic E-state index is 11.3. The fourth-order valence-corrected chi connectivity index (χ4v) is 2.40. The monoisotopic (exact) mass is 249 g/mol. The second-order valence-electron chi connectivity index (χ2n) is 5.16. The smallest absolute Gasteiger partial charge is 0.337 e. The number of esters is 1. The molecule has 4 heteroatoms. The van der Waals surface area contributed by atoms with E-state index in [2.05, 4.69) is 12.4 Å². The fraction of sp³-hybridized carbons (Fsp3) is 0.500. The first-order valence-electron chi connectivity index (χ1n) is 6.34. The molecule has 1 aromatic carbocycles. The molecule has 0 bridgehead atoms. The van der Waals surface area contributed by atoms with Gasteiger partial charge in [0.25, 0.3) is 0 Å². The Morgan fingerprint density at radius 3 is 2.44 bits per heavy atom. The van der Waals surface area contributed by atoms with Crippen LogP contribution >= 0.6 is 0 Å². The van der Waals surface area contributed by atoms with Crippen LogP contribution in [-0.2, 0) is 11.3 Å². The van der Waals surface area contributed by atoms with Gasteiger partial charge in [-0.15, -0.1) is 0 Å². The molecule has 1 aliphatic rings. The van der Waals surface area contributed by atoms with Crippen LogP contribution in [0.15, 0.2) is 24.3 Å². The molecule has 1 saturated heterocycles. The average Bonchev–Trinajstić information content (AvgIpc) is 2.39. The standard InChI is InChI=1S/C14H21N2O2/c1-16(9-7-15-8-10-16)11-12-3-5-13(6-4-12)14(17)18-2/h3-6,15H,7-11H2,1-2H3/q+1. The molecule has 1 fully saturated rings. The third-order valence-corrected chi connectivity index (χ3v) is 3.60. The van der Waals surface area contributed by atoms with Crippen LogP contribution in [0.4, 0.5) is 0 Å². The van der Waals surface area contributed by atoms with Crippen LogP contribution in [0.2, 0.25) is 0 Å². The van der Waals surface area contributed by atoms with E-state index in [1.807, 2.05) is 24.3 Å². The number of benzene rings is 1. The topological polar surface area (TPSA) is 38.3 Å². The van der Waals surface area contributed by atoms with Gasteiger partial charge in [-0.25, -0.2) is 4.79 Å². The average molecular weight is 249 g/mol. The van der Waals surface area contributed by atoms with Crippen LogP contribution in [0.1, 0.15) is 15.9 Å². The second-order valence-corrected chi connectivity index (χ2v) is 5.16. The summed E-state index contributed by atoms with van der Waals surface area (Å²) < 4.78 is 5.75. The van der Waals surface area contributed by atoms with E-state index in [4.69, 9.17) is 4.74 Å². The molecule has 0 aliphatic carbocycles. The van der Waals surface area contributed by atoms with Gasteiger partial charge in [-0.3, -0.25) is 0 Å². The van der Waals surface area contributed by atoms with Crippen LogP contribution in [0.25, 0.3) is 0 Å². The number of nitrogens with one attached hydrogen (secondary N) is 1. The van der Waals surface area contributed by atoms with Gasteiger partial charge >= 0.3 is 5.97 Å². The van der Waals surface area contributed by atoms with E-state index in [1.54, 1.807) is 0 Å². The van der Waals surface area contributed by atoms with Crippen LogP contribution in [0.3, 0.4) is 0 Å². The lowest BCUT2D eigenvalue weighted by molar-refractivity contribution is -0.924. The number of carbonyl (C=O) groups is 1. The molecule has 0 amide bonds. The quantitative estimate of drug-likeness (QED) is 0.642. The second kappa shape index (κ2) is 5.50. The Hall–Kier alpha value is -1.39. The zero-order valence-electron chi connectivity index (χ0n) is 11.1. The largest absolute Gasteiger partial charge is 0.465 e. The van der Waals surface area contributed by atoms with E-state index in [0.717, 1.165) is 37.2 Å². The molecule has 0 atom stereocenters. The van der Waals surface area contributed by atoms with E-state index >= 15 is 0 Å². The molecule has 1 aromatic rings. The Morgan fingerprint density at radius 2 is 1.89 bits per heavy atom. The summed E-state index contributed by atoms with van der Waals surface area (Å²) in [5, 5.41) is 3.38. The number of hydrogen-bond donors (Lipinski definition) is 1. The van der Waals surface area contributed by atoms with Gasteiger partial charge < -0.3 is 14.5 Å². The predicted octanol–water partition coefficient (Wildman–Crippen LogP) is 1.02. The summed E-state index contributed by atoms with van der Waals surface area (Å²) in [5.41, 5.74) is 1.89. The first kappa shape index (κ1) is 13.1. The van der Waals surface area contributed by atoms with Crippen molar-refractivity contribution in [1.82, 2.24) is 5.32 Å². The molecule has 18 heavy (non-hydrogen) atoms. The number of likely N-dealkylation sites (N-methyl/N-ethyl adjacent to an activating group) is 1. The number of hydrogen-bond acceptors (Lipinski definition) is 3. The van der Waals surface area contributed by atoms with Gasteiger partial charge in [0.05, 0.1) is 32.8 Å². The lowest BCUT2D eigenvalue weighted by Crippen LogP contribution is -2.55. The van der Waals surface area contributed by atoms with E-state index in [-0.39, 0.29) is 5.97 Å². The third kappa shape index (κ3) is 3.09. The summed E-state index contributed by atoms with van der Waals surface area (Å²) in [4.78, 5) is 11.3. The molecule has 0 aromatic heterocycles. The van der Waals surface area contributed by atoms with Gasteiger partial charge in [-0.05, 0) is 12.1 Å². The zero-order valence-corrected chi connectivity index (χ0v) is 11.1. The molecular formula is C14H21N2O2+. The molecular weight excluding hydrogens is 228 g/mol. The van der Waals surface area contributed by atoms with Crippen molar-refractivity contribution >= 4 is 5.97 Å². The first-order chi connectivity index (χ1) is 8.63. The van der Waals surface area contributed by atoms with Gasteiger partial charge in [0.2, 0.25) is 0 Å². The highest BCUT2D eigenvalue weighted by Gasteiger charge is 2.24. The summed E-state index contributed by atoms with van der Waals surface area (Å²) in [6.45, 7) is 5.48. The Kier molecular flexibility index (Phi) is 3.99. The maximum absolute atomic E-state index is 11.3. The van der Waals surface area contributed by atoms with Crippen molar-refractivity contribution in [3.05, 3.63) is 35.4 Å². The minimum absolute atomic E-state index is 0.274. The van der Waals surface area contributed by atoms with Crippen LogP contribution in [0.5, 0.6) is 0 Å². The van der Waals surface area contributed by atoms with E-state index in [1.165, 1.54) is 12.7 Å². The van der Waals surface area contributed by atoms with Gasteiger partial charge in [0, 0.05) is 18.7 Å². The summed E-state index contributed by atoms with van der Waals surface area (Å²) in [6.07, 6.45) is 0. The minimum atomic E-state index is -0.274. The lowest BCUT2D eigenvalue weighted by atomic mass is 10.1. The van der Waals surface area contributed by atoms with Crippen LogP contribution < -0.4 is 5.32 Å². The molecule has 0 spiro atoms. The number of methoxy groups -OCH3 is 1. The number of carbonyl (C=O) groups excluding carboxylic acids is 1. The van der Waals surface area contributed by atoms with Gasteiger partial charge in [0.1, 0.15) is 6.54 Å². The van der Waals surface area contributed by atoms with Crippen LogP contribution in [0, 0.1) is 0 Å². The van der Waals surface area contributed by atoms with Crippen molar-refractivity contribution in [3.63, 3.8) is 0 Å². The van der Waals surface area contributed by atoms with Crippen molar-refractivity contribution in [2.24, 2.45) is 0 Å². The SMILES string of the molecule is COC(=O)c1ccc(C[N+]2(C)CCNCC2)cc1. The molecule has 1 heterocycles. The highest BCUT2D eigenvalue weighted by atomic mass is 16.5. The molecule has 4 nitrogen and oxygen atoms in total. The van der Waals surface area contributed by atoms with Crippen molar-refractivity contribution in [2.45, 2.75) is 6.54 Å². The van der Waals surface area contributed by atoms with E-state index in [0.29, 0.717) is 5.56 Å². The Labute approximate surface area is 108 Å². The van der Waals surface area contributed by atoms with Crippen molar-refractivity contribution < 1.29 is 14.0 Å². The Balaban J connectivity index is 2.03. The number of piperazine rings is 1.